The number of carbonyl (C=O) groups excluding carboxylic acids is 1. The van der Waals surface area contributed by atoms with E-state index in [0.717, 1.165) is 6.26 Å². The lowest BCUT2D eigenvalue weighted by atomic mass is 10.3. The van der Waals surface area contributed by atoms with E-state index in [1.165, 1.54) is 12.4 Å². The highest BCUT2D eigenvalue weighted by atomic mass is 32.2. The van der Waals surface area contributed by atoms with Crippen molar-refractivity contribution in [1.29, 1.82) is 0 Å². The van der Waals surface area contributed by atoms with Crippen LogP contribution in [0.3, 0.4) is 0 Å². The minimum absolute atomic E-state index is 0.271. The summed E-state index contributed by atoms with van der Waals surface area (Å²) in [6, 6.07) is 6.40. The maximum atomic E-state index is 11.7. The molecule has 1 aromatic heterocycles. The standard InChI is InChI=1S/C15H19N5O4S/c1-25(22,23)19-8-2-7-18-15(21)20-12-3-5-13(6-4-12)24-14-11-16-9-10-17-14/h3-6,9-11,19H,2,7-8H2,1H3,(H2,18,20,21). The van der Waals surface area contributed by atoms with Crippen LogP contribution in [0.4, 0.5) is 10.5 Å². The summed E-state index contributed by atoms with van der Waals surface area (Å²) < 4.78 is 29.6. The molecular formula is C15H19N5O4S. The highest BCUT2D eigenvalue weighted by Gasteiger charge is 2.03. The summed E-state index contributed by atoms with van der Waals surface area (Å²) in [7, 11) is -3.20. The number of aromatic nitrogens is 2. The zero-order chi connectivity index (χ0) is 18.1. The van der Waals surface area contributed by atoms with Gasteiger partial charge in [-0.15, -0.1) is 0 Å². The molecule has 0 aliphatic carbocycles. The first-order valence-corrected chi connectivity index (χ1v) is 9.35. The Hall–Kier alpha value is -2.72. The molecule has 25 heavy (non-hydrogen) atoms. The minimum Gasteiger partial charge on any atom is -0.438 e. The molecule has 10 heteroatoms. The van der Waals surface area contributed by atoms with E-state index >= 15 is 0 Å². The van der Waals surface area contributed by atoms with E-state index in [1.54, 1.807) is 30.5 Å². The summed E-state index contributed by atoms with van der Waals surface area (Å²) in [5.74, 6) is 0.946. The summed E-state index contributed by atoms with van der Waals surface area (Å²) >= 11 is 0. The predicted molar refractivity (Wildman–Crippen MR) is 93.0 cm³/mol. The van der Waals surface area contributed by atoms with Gasteiger partial charge in [0, 0.05) is 31.2 Å². The van der Waals surface area contributed by atoms with Gasteiger partial charge in [-0.3, -0.25) is 4.98 Å². The molecule has 3 N–H and O–H groups in total. The summed E-state index contributed by atoms with van der Waals surface area (Å²) in [5.41, 5.74) is 0.596. The molecule has 0 aliphatic heterocycles. The Kier molecular flexibility index (Phi) is 6.66. The van der Waals surface area contributed by atoms with E-state index in [9.17, 15) is 13.2 Å². The Morgan fingerprint density at radius 2 is 1.92 bits per heavy atom. The predicted octanol–water partition coefficient (Wildman–Crippen LogP) is 1.33. The third kappa shape index (κ3) is 7.59. The van der Waals surface area contributed by atoms with E-state index in [1.807, 2.05) is 0 Å². The number of anilines is 1. The lowest BCUT2D eigenvalue weighted by molar-refractivity contribution is 0.252. The Balaban J connectivity index is 1.72. The van der Waals surface area contributed by atoms with Crippen LogP contribution in [0.1, 0.15) is 6.42 Å². The van der Waals surface area contributed by atoms with E-state index in [4.69, 9.17) is 4.74 Å². The van der Waals surface area contributed by atoms with Crippen LogP contribution in [-0.2, 0) is 10.0 Å². The van der Waals surface area contributed by atoms with Crippen molar-refractivity contribution in [1.82, 2.24) is 20.0 Å². The number of carbonyl (C=O) groups is 1. The molecule has 0 aliphatic rings. The fraction of sp³-hybridized carbons (Fsp3) is 0.267. The Morgan fingerprint density at radius 3 is 2.56 bits per heavy atom. The number of urea groups is 1. The van der Waals surface area contributed by atoms with Crippen LogP contribution < -0.4 is 20.1 Å². The van der Waals surface area contributed by atoms with Crippen molar-refractivity contribution in [2.75, 3.05) is 24.7 Å². The molecule has 2 amide bonds. The quantitative estimate of drug-likeness (QED) is 0.607. The van der Waals surface area contributed by atoms with Gasteiger partial charge in [-0.05, 0) is 30.7 Å². The molecule has 0 unspecified atom stereocenters. The second kappa shape index (κ2) is 8.94. The zero-order valence-corrected chi connectivity index (χ0v) is 14.4. The van der Waals surface area contributed by atoms with Crippen molar-refractivity contribution in [2.24, 2.45) is 0 Å². The number of hydrogen-bond acceptors (Lipinski definition) is 6. The Labute approximate surface area is 145 Å². The van der Waals surface area contributed by atoms with Gasteiger partial charge in [0.2, 0.25) is 15.9 Å². The highest BCUT2D eigenvalue weighted by molar-refractivity contribution is 7.88. The number of sulfonamides is 1. The van der Waals surface area contributed by atoms with Gasteiger partial charge >= 0.3 is 6.03 Å². The SMILES string of the molecule is CS(=O)(=O)NCCCNC(=O)Nc1ccc(Oc2cnccn2)cc1. The highest BCUT2D eigenvalue weighted by Crippen LogP contribution is 2.20. The van der Waals surface area contributed by atoms with Gasteiger partial charge in [0.1, 0.15) is 5.75 Å². The van der Waals surface area contributed by atoms with Gasteiger partial charge < -0.3 is 15.4 Å². The molecule has 0 radical (unpaired) electrons. The first kappa shape index (κ1) is 18.6. The van der Waals surface area contributed by atoms with Crippen LogP contribution in [0.2, 0.25) is 0 Å². The smallest absolute Gasteiger partial charge is 0.319 e. The average molecular weight is 365 g/mol. The van der Waals surface area contributed by atoms with Gasteiger partial charge in [0.05, 0.1) is 12.5 Å². The van der Waals surface area contributed by atoms with E-state index < -0.39 is 10.0 Å². The second-order valence-corrected chi connectivity index (χ2v) is 6.90. The Morgan fingerprint density at radius 1 is 1.16 bits per heavy atom. The van der Waals surface area contributed by atoms with Crippen molar-refractivity contribution < 1.29 is 17.9 Å². The summed E-state index contributed by atoms with van der Waals surface area (Å²) in [5, 5.41) is 5.31. The van der Waals surface area contributed by atoms with Crippen LogP contribution in [-0.4, -0.2) is 43.8 Å². The number of nitrogens with zero attached hydrogens (tertiary/aromatic N) is 2. The number of amides is 2. The molecule has 134 valence electrons. The van der Waals surface area contributed by atoms with Crippen LogP contribution >= 0.6 is 0 Å². The molecule has 0 atom stereocenters. The summed E-state index contributed by atoms with van der Waals surface area (Å²) in [6.07, 6.45) is 6.16. The van der Waals surface area contributed by atoms with Crippen molar-refractivity contribution in [3.8, 4) is 11.6 Å². The van der Waals surface area contributed by atoms with E-state index in [0.29, 0.717) is 30.3 Å². The van der Waals surface area contributed by atoms with Gasteiger partial charge in [-0.2, -0.15) is 0 Å². The van der Waals surface area contributed by atoms with Crippen LogP contribution in [0.25, 0.3) is 0 Å². The number of nitrogens with one attached hydrogen (secondary N) is 3. The lowest BCUT2D eigenvalue weighted by Gasteiger charge is -2.09. The molecule has 0 spiro atoms. The maximum Gasteiger partial charge on any atom is 0.319 e. The average Bonchev–Trinajstić information content (AvgIpc) is 2.56. The number of hydrogen-bond donors (Lipinski definition) is 3. The summed E-state index contributed by atoms with van der Waals surface area (Å²) in [4.78, 5) is 19.6. The monoisotopic (exact) mass is 365 g/mol. The largest absolute Gasteiger partial charge is 0.438 e. The van der Waals surface area contributed by atoms with Gasteiger partial charge in [-0.25, -0.2) is 22.9 Å². The normalized spacial score (nSPS) is 10.9. The number of benzene rings is 1. The lowest BCUT2D eigenvalue weighted by Crippen LogP contribution is -2.32. The van der Waals surface area contributed by atoms with Crippen molar-refractivity contribution in [2.45, 2.75) is 6.42 Å². The summed E-state index contributed by atoms with van der Waals surface area (Å²) in [6.45, 7) is 0.621. The zero-order valence-electron chi connectivity index (χ0n) is 13.6. The molecule has 1 heterocycles. The molecule has 0 saturated heterocycles. The Bertz CT molecular complexity index is 781. The maximum absolute atomic E-state index is 11.7. The molecule has 9 nitrogen and oxygen atoms in total. The van der Waals surface area contributed by atoms with E-state index in [-0.39, 0.29) is 12.6 Å². The van der Waals surface area contributed by atoms with Crippen LogP contribution in [0.5, 0.6) is 11.6 Å². The molecular weight excluding hydrogens is 346 g/mol. The second-order valence-electron chi connectivity index (χ2n) is 5.07. The molecule has 2 rings (SSSR count). The fourth-order valence-corrected chi connectivity index (χ4v) is 2.30. The topological polar surface area (TPSA) is 122 Å². The first-order chi connectivity index (χ1) is 11.9. The van der Waals surface area contributed by atoms with Crippen LogP contribution in [0.15, 0.2) is 42.9 Å². The molecule has 0 fully saturated rings. The van der Waals surface area contributed by atoms with Gasteiger partial charge in [-0.1, -0.05) is 0 Å². The van der Waals surface area contributed by atoms with Crippen molar-refractivity contribution >= 4 is 21.7 Å². The van der Waals surface area contributed by atoms with E-state index in [2.05, 4.69) is 25.3 Å². The third-order valence-corrected chi connectivity index (χ3v) is 3.61. The van der Waals surface area contributed by atoms with Crippen molar-refractivity contribution in [3.63, 3.8) is 0 Å². The number of rotatable bonds is 8. The molecule has 0 saturated carbocycles. The third-order valence-electron chi connectivity index (χ3n) is 2.88. The molecule has 0 bridgehead atoms. The minimum atomic E-state index is -3.20. The van der Waals surface area contributed by atoms with Gasteiger partial charge in [0.25, 0.3) is 0 Å². The van der Waals surface area contributed by atoms with Gasteiger partial charge in [0.15, 0.2) is 0 Å². The molecule has 1 aromatic carbocycles. The first-order valence-electron chi connectivity index (χ1n) is 7.46. The molecule has 2 aromatic rings. The number of ether oxygens (including phenoxy) is 1. The fourth-order valence-electron chi connectivity index (χ4n) is 1.79. The van der Waals surface area contributed by atoms with Crippen molar-refractivity contribution in [3.05, 3.63) is 42.9 Å². The van der Waals surface area contributed by atoms with Crippen LogP contribution in [0, 0.1) is 0 Å².